The third kappa shape index (κ3) is 5.88. The summed E-state index contributed by atoms with van der Waals surface area (Å²) in [6.45, 7) is 9.97. The zero-order valence-electron chi connectivity index (χ0n) is 14.2. The van der Waals surface area contributed by atoms with Crippen molar-refractivity contribution in [2.24, 2.45) is 11.8 Å². The van der Waals surface area contributed by atoms with Crippen LogP contribution in [0.1, 0.15) is 40.2 Å². The predicted molar refractivity (Wildman–Crippen MR) is 89.4 cm³/mol. The molecule has 22 heavy (non-hydrogen) atoms. The number of carbonyl (C=O) groups is 2. The van der Waals surface area contributed by atoms with Crippen LogP contribution in [-0.4, -0.2) is 23.9 Å². The van der Waals surface area contributed by atoms with E-state index in [1.54, 1.807) is 0 Å². The Kier molecular flexibility index (Phi) is 7.09. The molecule has 2 N–H and O–H groups in total. The quantitative estimate of drug-likeness (QED) is 0.813. The lowest BCUT2D eigenvalue weighted by molar-refractivity contribution is -0.130. The maximum absolute atomic E-state index is 12.4. The second kappa shape index (κ2) is 8.57. The number of hydrogen-bond donors (Lipinski definition) is 2. The Hall–Kier alpha value is -1.84. The van der Waals surface area contributed by atoms with Crippen LogP contribution in [-0.2, 0) is 16.0 Å². The van der Waals surface area contributed by atoms with E-state index in [-0.39, 0.29) is 30.2 Å². The Morgan fingerprint density at radius 3 is 2.00 bits per heavy atom. The van der Waals surface area contributed by atoms with Gasteiger partial charge in [0, 0.05) is 6.04 Å². The van der Waals surface area contributed by atoms with E-state index in [0.29, 0.717) is 5.92 Å². The second-order valence-corrected chi connectivity index (χ2v) is 6.49. The van der Waals surface area contributed by atoms with Gasteiger partial charge < -0.3 is 10.6 Å². The summed E-state index contributed by atoms with van der Waals surface area (Å²) < 4.78 is 0. The average molecular weight is 304 g/mol. The van der Waals surface area contributed by atoms with Gasteiger partial charge in [0.15, 0.2) is 0 Å². The molecule has 0 saturated carbocycles. The highest BCUT2D eigenvalue weighted by Gasteiger charge is 2.25. The molecule has 0 spiro atoms. The van der Waals surface area contributed by atoms with Crippen LogP contribution in [0.3, 0.4) is 0 Å². The van der Waals surface area contributed by atoms with Gasteiger partial charge in [0.1, 0.15) is 6.04 Å². The van der Waals surface area contributed by atoms with Crippen molar-refractivity contribution in [3.63, 3.8) is 0 Å². The fourth-order valence-corrected chi connectivity index (χ4v) is 2.02. The molecule has 1 rings (SSSR count). The highest BCUT2D eigenvalue weighted by atomic mass is 16.2. The largest absolute Gasteiger partial charge is 0.352 e. The normalized spacial score (nSPS) is 13.8. The van der Waals surface area contributed by atoms with Gasteiger partial charge in [-0.1, -0.05) is 58.0 Å². The number of hydrogen-bond acceptors (Lipinski definition) is 2. The molecule has 0 bridgehead atoms. The van der Waals surface area contributed by atoms with Gasteiger partial charge in [0.25, 0.3) is 0 Å². The molecule has 122 valence electrons. The molecule has 2 unspecified atom stereocenters. The van der Waals surface area contributed by atoms with Crippen molar-refractivity contribution in [2.75, 3.05) is 0 Å². The Bertz CT molecular complexity index is 483. The zero-order chi connectivity index (χ0) is 16.7. The van der Waals surface area contributed by atoms with Crippen LogP contribution >= 0.6 is 0 Å². The highest BCUT2D eigenvalue weighted by molar-refractivity contribution is 5.88. The van der Waals surface area contributed by atoms with Crippen LogP contribution in [0.25, 0.3) is 0 Å². The van der Waals surface area contributed by atoms with E-state index in [1.165, 1.54) is 0 Å². The molecule has 0 aliphatic rings. The van der Waals surface area contributed by atoms with Crippen LogP contribution in [0.15, 0.2) is 30.3 Å². The summed E-state index contributed by atoms with van der Waals surface area (Å²) in [5, 5.41) is 5.83. The monoisotopic (exact) mass is 304 g/mol. The van der Waals surface area contributed by atoms with Crippen molar-refractivity contribution in [1.82, 2.24) is 10.6 Å². The molecule has 0 radical (unpaired) electrons. The SMILES string of the molecule is CC(C)C(C)NC(=O)C(NC(=O)Cc1ccccc1)C(C)C. The first-order chi connectivity index (χ1) is 10.3. The van der Waals surface area contributed by atoms with Gasteiger partial charge in [0.2, 0.25) is 11.8 Å². The smallest absolute Gasteiger partial charge is 0.243 e. The first-order valence-corrected chi connectivity index (χ1v) is 7.95. The molecule has 4 nitrogen and oxygen atoms in total. The van der Waals surface area contributed by atoms with Crippen LogP contribution in [0, 0.1) is 11.8 Å². The molecular weight excluding hydrogens is 276 g/mol. The predicted octanol–water partition coefficient (Wildman–Crippen LogP) is 2.53. The first-order valence-electron chi connectivity index (χ1n) is 7.95. The number of rotatable bonds is 7. The van der Waals surface area contributed by atoms with Gasteiger partial charge >= 0.3 is 0 Å². The number of carbonyl (C=O) groups excluding carboxylic acids is 2. The minimum atomic E-state index is -0.502. The Labute approximate surface area is 133 Å². The summed E-state index contributed by atoms with van der Waals surface area (Å²) in [7, 11) is 0. The number of amides is 2. The molecule has 0 aliphatic heterocycles. The average Bonchev–Trinajstić information content (AvgIpc) is 2.45. The fraction of sp³-hybridized carbons (Fsp3) is 0.556. The van der Waals surface area contributed by atoms with Crippen molar-refractivity contribution in [3.05, 3.63) is 35.9 Å². The summed E-state index contributed by atoms with van der Waals surface area (Å²) in [5.41, 5.74) is 0.943. The Balaban J connectivity index is 2.63. The van der Waals surface area contributed by atoms with E-state index in [4.69, 9.17) is 0 Å². The van der Waals surface area contributed by atoms with Crippen molar-refractivity contribution in [3.8, 4) is 0 Å². The highest BCUT2D eigenvalue weighted by Crippen LogP contribution is 2.07. The standard InChI is InChI=1S/C18H28N2O2/c1-12(2)14(5)19-18(22)17(13(3)4)20-16(21)11-15-9-7-6-8-10-15/h6-10,12-14,17H,11H2,1-5H3,(H,19,22)(H,20,21). The summed E-state index contributed by atoms with van der Waals surface area (Å²) in [4.78, 5) is 24.5. The van der Waals surface area contributed by atoms with Gasteiger partial charge in [-0.15, -0.1) is 0 Å². The van der Waals surface area contributed by atoms with E-state index < -0.39 is 6.04 Å². The van der Waals surface area contributed by atoms with Gasteiger partial charge in [-0.05, 0) is 24.3 Å². The molecule has 2 amide bonds. The van der Waals surface area contributed by atoms with Crippen molar-refractivity contribution < 1.29 is 9.59 Å². The minimum Gasteiger partial charge on any atom is -0.352 e. The maximum atomic E-state index is 12.4. The molecule has 1 aromatic rings. The maximum Gasteiger partial charge on any atom is 0.243 e. The molecule has 0 heterocycles. The van der Waals surface area contributed by atoms with Gasteiger partial charge in [-0.2, -0.15) is 0 Å². The molecular formula is C18H28N2O2. The van der Waals surface area contributed by atoms with E-state index in [9.17, 15) is 9.59 Å². The topological polar surface area (TPSA) is 58.2 Å². The molecule has 0 fully saturated rings. The van der Waals surface area contributed by atoms with Crippen LogP contribution in [0.5, 0.6) is 0 Å². The lowest BCUT2D eigenvalue weighted by Crippen LogP contribution is -2.52. The molecule has 0 aromatic heterocycles. The molecule has 2 atom stereocenters. The fourth-order valence-electron chi connectivity index (χ4n) is 2.02. The van der Waals surface area contributed by atoms with E-state index in [1.807, 2.05) is 51.1 Å². The number of nitrogens with one attached hydrogen (secondary N) is 2. The molecule has 0 aliphatic carbocycles. The van der Waals surface area contributed by atoms with Crippen molar-refractivity contribution in [2.45, 2.75) is 53.1 Å². The van der Waals surface area contributed by atoms with Crippen LogP contribution in [0.4, 0.5) is 0 Å². The summed E-state index contributed by atoms with van der Waals surface area (Å²) in [5.74, 6) is 0.158. The molecule has 4 heteroatoms. The lowest BCUT2D eigenvalue weighted by Gasteiger charge is -2.25. The van der Waals surface area contributed by atoms with Gasteiger partial charge in [0.05, 0.1) is 6.42 Å². The minimum absolute atomic E-state index is 0.0408. The van der Waals surface area contributed by atoms with E-state index >= 15 is 0 Å². The Morgan fingerprint density at radius 1 is 0.909 bits per heavy atom. The van der Waals surface area contributed by atoms with Crippen LogP contribution < -0.4 is 10.6 Å². The summed E-state index contributed by atoms with van der Waals surface area (Å²) in [6, 6.07) is 9.12. The Morgan fingerprint density at radius 2 is 1.50 bits per heavy atom. The first kappa shape index (κ1) is 18.2. The van der Waals surface area contributed by atoms with Gasteiger partial charge in [-0.25, -0.2) is 0 Å². The summed E-state index contributed by atoms with van der Waals surface area (Å²) >= 11 is 0. The summed E-state index contributed by atoms with van der Waals surface area (Å²) in [6.07, 6.45) is 0.289. The van der Waals surface area contributed by atoms with Gasteiger partial charge in [-0.3, -0.25) is 9.59 Å². The van der Waals surface area contributed by atoms with Crippen molar-refractivity contribution in [1.29, 1.82) is 0 Å². The zero-order valence-corrected chi connectivity index (χ0v) is 14.2. The number of benzene rings is 1. The molecule has 1 aromatic carbocycles. The second-order valence-electron chi connectivity index (χ2n) is 6.49. The van der Waals surface area contributed by atoms with Crippen LogP contribution in [0.2, 0.25) is 0 Å². The van der Waals surface area contributed by atoms with E-state index in [2.05, 4.69) is 24.5 Å². The third-order valence-corrected chi connectivity index (χ3v) is 3.84. The third-order valence-electron chi connectivity index (χ3n) is 3.84. The lowest BCUT2D eigenvalue weighted by atomic mass is 10.0. The van der Waals surface area contributed by atoms with E-state index in [0.717, 1.165) is 5.56 Å². The molecule has 0 saturated heterocycles. The van der Waals surface area contributed by atoms with Crippen molar-refractivity contribution >= 4 is 11.8 Å².